The maximum absolute atomic E-state index is 11.9. The lowest BCUT2D eigenvalue weighted by atomic mass is 10.0. The van der Waals surface area contributed by atoms with Crippen LogP contribution in [0.15, 0.2) is 0 Å². The lowest BCUT2D eigenvalue weighted by molar-refractivity contribution is -0.134. The summed E-state index contributed by atoms with van der Waals surface area (Å²) in [6, 6.07) is 1.93. The number of alkyl halides is 3. The first kappa shape index (κ1) is 15.2. The third-order valence-corrected chi connectivity index (χ3v) is 4.42. The summed E-state index contributed by atoms with van der Waals surface area (Å²) in [7, 11) is -3.83. The van der Waals surface area contributed by atoms with E-state index in [0.29, 0.717) is 12.8 Å². The van der Waals surface area contributed by atoms with Crippen LogP contribution in [-0.4, -0.2) is 25.9 Å². The molecule has 8 heteroatoms. The fraction of sp³-hybridized carbons (Fsp3) is 0.900. The summed E-state index contributed by atoms with van der Waals surface area (Å²) in [6.45, 7) is 0. The van der Waals surface area contributed by atoms with Gasteiger partial charge in [-0.25, -0.2) is 8.42 Å². The van der Waals surface area contributed by atoms with E-state index in [-0.39, 0.29) is 0 Å². The second-order valence-electron chi connectivity index (χ2n) is 4.54. The van der Waals surface area contributed by atoms with E-state index in [0.717, 1.165) is 12.8 Å². The fourth-order valence-corrected chi connectivity index (χ4v) is 3.50. The zero-order valence-corrected chi connectivity index (χ0v) is 10.6. The van der Waals surface area contributed by atoms with Crippen LogP contribution in [0.2, 0.25) is 0 Å². The first-order valence-electron chi connectivity index (χ1n) is 5.68. The summed E-state index contributed by atoms with van der Waals surface area (Å²) in [5.74, 6) is -0.601. The summed E-state index contributed by atoms with van der Waals surface area (Å²) in [4.78, 5) is 0. The molecule has 0 aromatic heterocycles. The van der Waals surface area contributed by atoms with Gasteiger partial charge in [-0.05, 0) is 19.3 Å². The Labute approximate surface area is 104 Å². The number of nitrogens with one attached hydrogen (secondary N) is 1. The molecule has 1 aliphatic carbocycles. The maximum atomic E-state index is 11.9. The van der Waals surface area contributed by atoms with Gasteiger partial charge < -0.3 is 0 Å². The molecule has 0 bridgehead atoms. The number of nitrogens with zero attached hydrogens (tertiary/aromatic N) is 1. The molecule has 1 N–H and O–H groups in total. The van der Waals surface area contributed by atoms with Crippen LogP contribution in [0.5, 0.6) is 0 Å². The molecule has 1 saturated carbocycles. The highest BCUT2D eigenvalue weighted by Gasteiger charge is 2.38. The number of hydrogen-bond acceptors (Lipinski definition) is 3. The van der Waals surface area contributed by atoms with Gasteiger partial charge in [-0.3, -0.25) is 0 Å². The van der Waals surface area contributed by atoms with Crippen molar-refractivity contribution < 1.29 is 21.6 Å². The number of hydrogen-bond donors (Lipinski definition) is 1. The first-order valence-corrected chi connectivity index (χ1v) is 7.33. The third-order valence-electron chi connectivity index (χ3n) is 2.90. The van der Waals surface area contributed by atoms with Crippen LogP contribution < -0.4 is 4.72 Å². The van der Waals surface area contributed by atoms with Crippen LogP contribution in [0.1, 0.15) is 38.5 Å². The van der Waals surface area contributed by atoms with Gasteiger partial charge in [0.25, 0.3) is 0 Å². The predicted octanol–water partition coefficient (Wildman–Crippen LogP) is 2.08. The van der Waals surface area contributed by atoms with Crippen molar-refractivity contribution in [2.45, 2.75) is 50.2 Å². The highest BCUT2D eigenvalue weighted by molar-refractivity contribution is 7.89. The van der Waals surface area contributed by atoms with Gasteiger partial charge >= 0.3 is 6.18 Å². The van der Waals surface area contributed by atoms with Crippen LogP contribution in [0.25, 0.3) is 0 Å². The van der Waals surface area contributed by atoms with Crippen LogP contribution in [-0.2, 0) is 10.0 Å². The second-order valence-corrected chi connectivity index (χ2v) is 6.38. The fourth-order valence-electron chi connectivity index (χ4n) is 2.03. The molecule has 1 rings (SSSR count). The average molecular weight is 284 g/mol. The Balaban J connectivity index is 2.52. The van der Waals surface area contributed by atoms with Gasteiger partial charge in [0.2, 0.25) is 10.0 Å². The van der Waals surface area contributed by atoms with Crippen molar-refractivity contribution in [2.24, 2.45) is 0 Å². The highest BCUT2D eigenvalue weighted by atomic mass is 32.2. The Morgan fingerprint density at radius 2 is 1.83 bits per heavy atom. The third kappa shape index (κ3) is 4.82. The quantitative estimate of drug-likeness (QED) is 0.840. The van der Waals surface area contributed by atoms with E-state index in [2.05, 4.69) is 4.72 Å². The molecule has 0 aromatic rings. The highest BCUT2D eigenvalue weighted by Crippen LogP contribution is 2.30. The molecule has 0 unspecified atom stereocenters. The lowest BCUT2D eigenvalue weighted by Crippen LogP contribution is -2.46. The zero-order chi connectivity index (χ0) is 13.9. The van der Waals surface area contributed by atoms with Crippen LogP contribution >= 0.6 is 0 Å². The molecule has 0 saturated heterocycles. The number of rotatable bonds is 5. The molecule has 4 nitrogen and oxygen atoms in total. The van der Waals surface area contributed by atoms with Gasteiger partial charge in [-0.2, -0.15) is 23.2 Å². The van der Waals surface area contributed by atoms with Crippen molar-refractivity contribution in [2.75, 3.05) is 5.75 Å². The molecular weight excluding hydrogens is 269 g/mol. The van der Waals surface area contributed by atoms with Crippen molar-refractivity contribution in [3.05, 3.63) is 0 Å². The number of sulfonamides is 1. The van der Waals surface area contributed by atoms with E-state index >= 15 is 0 Å². The Bertz CT molecular complexity index is 419. The zero-order valence-electron chi connectivity index (χ0n) is 9.76. The minimum absolute atomic E-state index is 0.419. The molecule has 0 aromatic carbocycles. The molecule has 104 valence electrons. The molecule has 0 heterocycles. The standard InChI is InChI=1S/C10H15F3N2O2S/c11-10(12,13)6-3-7-18(16,17)15-9(8-14)4-1-2-5-9/h15H,1-7H2. The maximum Gasteiger partial charge on any atom is 0.389 e. The number of nitriles is 1. The topological polar surface area (TPSA) is 70.0 Å². The van der Waals surface area contributed by atoms with Crippen LogP contribution in [0.3, 0.4) is 0 Å². The van der Waals surface area contributed by atoms with Crippen molar-refractivity contribution in [3.8, 4) is 6.07 Å². The molecule has 0 radical (unpaired) electrons. The molecule has 0 atom stereocenters. The smallest absolute Gasteiger partial charge is 0.212 e. The first-order chi connectivity index (χ1) is 8.18. The molecular formula is C10H15F3N2O2S. The Hall–Kier alpha value is -0.810. The molecule has 0 aliphatic heterocycles. The van der Waals surface area contributed by atoms with Crippen molar-refractivity contribution in [1.82, 2.24) is 4.72 Å². The minimum atomic E-state index is -4.35. The van der Waals surface area contributed by atoms with Crippen LogP contribution in [0.4, 0.5) is 13.2 Å². The lowest BCUT2D eigenvalue weighted by Gasteiger charge is -2.21. The molecule has 0 spiro atoms. The SMILES string of the molecule is N#CC1(NS(=O)(=O)CCCC(F)(F)F)CCCC1. The summed E-state index contributed by atoms with van der Waals surface area (Å²) in [5, 5.41) is 8.98. The Kier molecular flexibility index (Phi) is 4.61. The molecule has 0 amide bonds. The number of halogens is 3. The van der Waals surface area contributed by atoms with E-state index in [9.17, 15) is 21.6 Å². The van der Waals surface area contributed by atoms with Gasteiger partial charge in [0, 0.05) is 6.42 Å². The van der Waals surface area contributed by atoms with Gasteiger partial charge in [-0.15, -0.1) is 0 Å². The van der Waals surface area contributed by atoms with Gasteiger partial charge in [0.1, 0.15) is 5.54 Å². The second kappa shape index (κ2) is 5.45. The van der Waals surface area contributed by atoms with E-state index in [1.165, 1.54) is 0 Å². The van der Waals surface area contributed by atoms with Crippen molar-refractivity contribution >= 4 is 10.0 Å². The van der Waals surface area contributed by atoms with Gasteiger partial charge in [0.05, 0.1) is 11.8 Å². The monoisotopic (exact) mass is 284 g/mol. The predicted molar refractivity (Wildman–Crippen MR) is 59.0 cm³/mol. The molecule has 1 fully saturated rings. The summed E-state index contributed by atoms with van der Waals surface area (Å²) >= 11 is 0. The minimum Gasteiger partial charge on any atom is -0.212 e. The van der Waals surface area contributed by atoms with E-state index in [1.807, 2.05) is 6.07 Å². The van der Waals surface area contributed by atoms with Crippen molar-refractivity contribution in [1.29, 1.82) is 5.26 Å². The van der Waals surface area contributed by atoms with E-state index in [4.69, 9.17) is 5.26 Å². The normalized spacial score (nSPS) is 19.7. The van der Waals surface area contributed by atoms with E-state index < -0.39 is 40.3 Å². The van der Waals surface area contributed by atoms with Crippen LogP contribution in [0, 0.1) is 11.3 Å². The van der Waals surface area contributed by atoms with Gasteiger partial charge in [-0.1, -0.05) is 12.8 Å². The molecule has 18 heavy (non-hydrogen) atoms. The molecule has 1 aliphatic rings. The Morgan fingerprint density at radius 3 is 2.28 bits per heavy atom. The summed E-state index contributed by atoms with van der Waals surface area (Å²) < 4.78 is 61.2. The largest absolute Gasteiger partial charge is 0.389 e. The van der Waals surface area contributed by atoms with Gasteiger partial charge in [0.15, 0.2) is 0 Å². The Morgan fingerprint density at radius 1 is 1.28 bits per heavy atom. The average Bonchev–Trinajstić information content (AvgIpc) is 2.63. The summed E-state index contributed by atoms with van der Waals surface area (Å²) in [6.07, 6.45) is -3.63. The van der Waals surface area contributed by atoms with Crippen molar-refractivity contribution in [3.63, 3.8) is 0 Å². The van der Waals surface area contributed by atoms with E-state index in [1.54, 1.807) is 0 Å². The summed E-state index contributed by atoms with van der Waals surface area (Å²) in [5.41, 5.74) is -1.11.